The van der Waals surface area contributed by atoms with Crippen LogP contribution in [0.5, 0.6) is 11.5 Å². The number of nitriles is 1. The molecule has 0 saturated heterocycles. The number of halogens is 1. The van der Waals surface area contributed by atoms with Crippen molar-refractivity contribution >= 4 is 34.4 Å². The topological polar surface area (TPSA) is 48.6 Å². The van der Waals surface area contributed by atoms with Crippen molar-refractivity contribution in [2.45, 2.75) is 0 Å². The number of hydrogen-bond donors (Lipinski definition) is 0. The van der Waals surface area contributed by atoms with E-state index < -0.39 is 0 Å². The summed E-state index contributed by atoms with van der Waals surface area (Å²) in [7, 11) is 0. The van der Waals surface area contributed by atoms with Crippen molar-refractivity contribution in [3.8, 4) is 17.7 Å². The van der Waals surface area contributed by atoms with E-state index in [1.54, 1.807) is 24.6 Å². The Morgan fingerprint density at radius 2 is 1.76 bits per heavy atom. The van der Waals surface area contributed by atoms with Crippen LogP contribution in [0.1, 0.15) is 0 Å². The summed E-state index contributed by atoms with van der Waals surface area (Å²) in [6.07, 6.45) is 3.53. The predicted octanol–water partition coefficient (Wildman–Crippen LogP) is 4.64. The molecule has 2 aromatic rings. The first kappa shape index (κ1) is 15.2. The number of anilines is 1. The minimum atomic E-state index is 0.413. The summed E-state index contributed by atoms with van der Waals surface area (Å²) >= 11 is 7.45. The van der Waals surface area contributed by atoms with Gasteiger partial charge in [0.05, 0.1) is 5.69 Å². The Bertz CT molecular complexity index is 653. The number of aliphatic imine (C=N–C) groups is 1. The number of ether oxygens (including phenoxy) is 1. The van der Waals surface area contributed by atoms with Crippen LogP contribution in [-0.4, -0.2) is 11.4 Å². The lowest BCUT2D eigenvalue weighted by Crippen LogP contribution is -2.16. The van der Waals surface area contributed by atoms with Gasteiger partial charge in [0.25, 0.3) is 0 Å². The molecule has 21 heavy (non-hydrogen) atoms. The van der Waals surface area contributed by atoms with E-state index in [0.717, 1.165) is 5.75 Å². The summed E-state index contributed by atoms with van der Waals surface area (Å²) in [6.45, 7) is 0. The normalized spacial score (nSPS) is 10.8. The van der Waals surface area contributed by atoms with Crippen molar-refractivity contribution in [1.82, 2.24) is 0 Å². The molecule has 0 aliphatic carbocycles. The largest absolute Gasteiger partial charge is 0.457 e. The lowest BCUT2D eigenvalue weighted by molar-refractivity contribution is 0.483. The minimum Gasteiger partial charge on any atom is -0.457 e. The van der Waals surface area contributed by atoms with E-state index in [0.29, 0.717) is 16.6 Å². The fourth-order valence-electron chi connectivity index (χ4n) is 1.59. The number of amidine groups is 1. The molecule has 106 valence electrons. The Morgan fingerprint density at radius 3 is 2.33 bits per heavy atom. The standard InChI is InChI=1S/C15H12ClN3OS/c1-21-15(18-11-17)19(16)12-7-9-14(10-8-12)20-13-5-3-2-4-6-13/h2-10H,1H3. The Labute approximate surface area is 132 Å². The maximum Gasteiger partial charge on any atom is 0.208 e. The van der Waals surface area contributed by atoms with Crippen LogP contribution in [0, 0.1) is 11.5 Å². The SMILES string of the molecule is CSC(=NC#N)N(Cl)c1ccc(Oc2ccccc2)cc1. The molecule has 2 aromatic carbocycles. The molecule has 0 N–H and O–H groups in total. The first-order valence-electron chi connectivity index (χ1n) is 6.04. The maximum absolute atomic E-state index is 8.62. The van der Waals surface area contributed by atoms with E-state index in [9.17, 15) is 0 Å². The van der Waals surface area contributed by atoms with Crippen LogP contribution in [0.25, 0.3) is 0 Å². The van der Waals surface area contributed by atoms with Crippen LogP contribution in [0.15, 0.2) is 59.6 Å². The summed E-state index contributed by atoms with van der Waals surface area (Å²) in [5, 5.41) is 9.03. The second kappa shape index (κ2) is 7.58. The van der Waals surface area contributed by atoms with E-state index in [4.69, 9.17) is 21.8 Å². The van der Waals surface area contributed by atoms with E-state index in [2.05, 4.69) is 4.99 Å². The monoisotopic (exact) mass is 317 g/mol. The first-order valence-corrected chi connectivity index (χ1v) is 7.60. The van der Waals surface area contributed by atoms with Gasteiger partial charge in [-0.15, -0.1) is 4.99 Å². The molecule has 2 rings (SSSR count). The van der Waals surface area contributed by atoms with Gasteiger partial charge in [-0.2, -0.15) is 5.26 Å². The molecule has 0 heterocycles. The lowest BCUT2D eigenvalue weighted by Gasteiger charge is -2.15. The van der Waals surface area contributed by atoms with E-state index in [1.807, 2.05) is 42.5 Å². The van der Waals surface area contributed by atoms with Crippen LogP contribution in [0.3, 0.4) is 0 Å². The van der Waals surface area contributed by atoms with Crippen LogP contribution in [0.4, 0.5) is 5.69 Å². The predicted molar refractivity (Wildman–Crippen MR) is 87.9 cm³/mol. The van der Waals surface area contributed by atoms with Crippen molar-refractivity contribution < 1.29 is 4.74 Å². The van der Waals surface area contributed by atoms with Crippen molar-refractivity contribution in [2.75, 3.05) is 10.7 Å². The van der Waals surface area contributed by atoms with Crippen LogP contribution >= 0.6 is 23.5 Å². The molecule has 0 amide bonds. The van der Waals surface area contributed by atoms with Gasteiger partial charge in [-0.05, 0) is 42.7 Å². The second-order valence-corrected chi connectivity index (χ2v) is 5.00. The Hall–Kier alpha value is -2.16. The molecule has 0 atom stereocenters. The summed E-state index contributed by atoms with van der Waals surface area (Å²) in [5.41, 5.74) is 0.709. The zero-order valence-electron chi connectivity index (χ0n) is 11.2. The van der Waals surface area contributed by atoms with E-state index in [-0.39, 0.29) is 0 Å². The molecular formula is C15H12ClN3OS. The van der Waals surface area contributed by atoms with Gasteiger partial charge in [0.15, 0.2) is 5.17 Å². The number of rotatable bonds is 3. The number of thioether (sulfide) groups is 1. The summed E-state index contributed by atoms with van der Waals surface area (Å²) in [5.74, 6) is 1.47. The van der Waals surface area contributed by atoms with Gasteiger partial charge < -0.3 is 4.74 Å². The molecule has 6 heteroatoms. The molecule has 0 fully saturated rings. The van der Waals surface area contributed by atoms with E-state index >= 15 is 0 Å². The number of para-hydroxylation sites is 1. The Balaban J connectivity index is 2.12. The highest BCUT2D eigenvalue weighted by atomic mass is 35.5. The summed E-state index contributed by atoms with van der Waals surface area (Å²) in [6, 6.07) is 16.7. The molecule has 0 bridgehead atoms. The Morgan fingerprint density at radius 1 is 1.14 bits per heavy atom. The average molecular weight is 318 g/mol. The number of nitrogens with zero attached hydrogens (tertiary/aromatic N) is 3. The molecule has 0 aliphatic heterocycles. The number of benzene rings is 2. The Kier molecular flexibility index (Phi) is 5.50. The molecule has 0 saturated carbocycles. The first-order chi connectivity index (χ1) is 10.2. The molecule has 0 radical (unpaired) electrons. The average Bonchev–Trinajstić information content (AvgIpc) is 2.54. The smallest absolute Gasteiger partial charge is 0.208 e. The molecular weight excluding hydrogens is 306 g/mol. The third-order valence-corrected chi connectivity index (χ3v) is 3.63. The number of hydrogen-bond acceptors (Lipinski definition) is 4. The van der Waals surface area contributed by atoms with E-state index in [1.165, 1.54) is 16.2 Å². The third kappa shape index (κ3) is 4.15. The molecule has 0 unspecified atom stereocenters. The highest BCUT2D eigenvalue weighted by Crippen LogP contribution is 2.26. The van der Waals surface area contributed by atoms with Crippen molar-refractivity contribution in [2.24, 2.45) is 4.99 Å². The van der Waals surface area contributed by atoms with Gasteiger partial charge in [-0.25, -0.2) is 4.42 Å². The quantitative estimate of drug-likeness (QED) is 0.358. The zero-order chi connectivity index (χ0) is 15.1. The minimum absolute atomic E-state index is 0.413. The zero-order valence-corrected chi connectivity index (χ0v) is 12.8. The van der Waals surface area contributed by atoms with Gasteiger partial charge in [0.1, 0.15) is 11.5 Å². The molecule has 0 aliphatic rings. The van der Waals surface area contributed by atoms with Gasteiger partial charge in [-0.1, -0.05) is 30.0 Å². The van der Waals surface area contributed by atoms with Gasteiger partial charge in [0.2, 0.25) is 6.19 Å². The molecule has 0 aromatic heterocycles. The van der Waals surface area contributed by atoms with Crippen molar-refractivity contribution in [3.05, 3.63) is 54.6 Å². The fraction of sp³-hybridized carbons (Fsp3) is 0.0667. The summed E-state index contributed by atoms with van der Waals surface area (Å²) < 4.78 is 7.03. The lowest BCUT2D eigenvalue weighted by atomic mass is 10.3. The summed E-state index contributed by atoms with van der Waals surface area (Å²) in [4.78, 5) is 3.66. The van der Waals surface area contributed by atoms with Crippen LogP contribution < -0.4 is 9.16 Å². The highest BCUT2D eigenvalue weighted by molar-refractivity contribution is 8.13. The second-order valence-electron chi connectivity index (χ2n) is 3.89. The van der Waals surface area contributed by atoms with Gasteiger partial charge >= 0.3 is 0 Å². The van der Waals surface area contributed by atoms with Crippen LogP contribution in [0.2, 0.25) is 0 Å². The molecule has 4 nitrogen and oxygen atoms in total. The third-order valence-electron chi connectivity index (χ3n) is 2.54. The van der Waals surface area contributed by atoms with Crippen molar-refractivity contribution in [3.63, 3.8) is 0 Å². The maximum atomic E-state index is 8.62. The molecule has 0 spiro atoms. The van der Waals surface area contributed by atoms with Gasteiger partial charge in [0, 0.05) is 11.8 Å². The van der Waals surface area contributed by atoms with Crippen molar-refractivity contribution in [1.29, 1.82) is 5.26 Å². The van der Waals surface area contributed by atoms with Crippen LogP contribution in [-0.2, 0) is 0 Å². The van der Waals surface area contributed by atoms with Gasteiger partial charge in [-0.3, -0.25) is 0 Å². The highest BCUT2D eigenvalue weighted by Gasteiger charge is 2.10. The fourth-order valence-corrected chi connectivity index (χ4v) is 2.35.